The highest BCUT2D eigenvalue weighted by atomic mass is 32.1. The van der Waals surface area contributed by atoms with Crippen LogP contribution in [0.25, 0.3) is 0 Å². The van der Waals surface area contributed by atoms with Crippen molar-refractivity contribution in [2.24, 2.45) is 0 Å². The molecule has 7 nitrogen and oxygen atoms in total. The number of hydrogen-bond donors (Lipinski definition) is 1. The number of thiophene rings is 1. The van der Waals surface area contributed by atoms with E-state index in [4.69, 9.17) is 0 Å². The molecule has 1 amide bonds. The van der Waals surface area contributed by atoms with E-state index in [9.17, 15) is 28.1 Å². The second-order valence-electron chi connectivity index (χ2n) is 4.62. The van der Waals surface area contributed by atoms with Gasteiger partial charge in [-0.1, -0.05) is 6.07 Å². The highest BCUT2D eigenvalue weighted by molar-refractivity contribution is 7.10. The number of carbonyl (C=O) groups excluding carboxylic acids is 1. The standard InChI is InChI=1S/C12H11F3N4O3S/c1-7(9-3-2-4-23-9)16-10(20)6-18-5-8(19(21)22)11(17-18)12(13,14)15/h2-5,7H,6H2,1H3,(H,16,20). The second-order valence-corrected chi connectivity index (χ2v) is 5.60. The summed E-state index contributed by atoms with van der Waals surface area (Å²) in [6.07, 6.45) is -4.37. The van der Waals surface area contributed by atoms with Gasteiger partial charge in [-0.2, -0.15) is 18.3 Å². The first kappa shape index (κ1) is 16.9. The number of amides is 1. The van der Waals surface area contributed by atoms with Crippen molar-refractivity contribution in [3.8, 4) is 0 Å². The lowest BCUT2D eigenvalue weighted by Gasteiger charge is -2.12. The Bertz CT molecular complexity index is 712. The van der Waals surface area contributed by atoms with Crippen LogP contribution in [0.15, 0.2) is 23.7 Å². The zero-order valence-electron chi connectivity index (χ0n) is 11.7. The molecule has 11 heteroatoms. The quantitative estimate of drug-likeness (QED) is 0.664. The molecule has 2 heterocycles. The predicted molar refractivity (Wildman–Crippen MR) is 74.8 cm³/mol. The van der Waals surface area contributed by atoms with Crippen LogP contribution in [-0.4, -0.2) is 20.6 Å². The van der Waals surface area contributed by atoms with Crippen molar-refractivity contribution in [2.75, 3.05) is 0 Å². The summed E-state index contributed by atoms with van der Waals surface area (Å²) >= 11 is 1.42. The van der Waals surface area contributed by atoms with Gasteiger partial charge in [-0.25, -0.2) is 0 Å². The van der Waals surface area contributed by atoms with Crippen LogP contribution in [0.5, 0.6) is 0 Å². The molecule has 0 spiro atoms. The molecule has 23 heavy (non-hydrogen) atoms. The molecule has 0 aliphatic carbocycles. The van der Waals surface area contributed by atoms with E-state index in [0.717, 1.165) is 4.88 Å². The zero-order chi connectivity index (χ0) is 17.2. The van der Waals surface area contributed by atoms with Crippen molar-refractivity contribution < 1.29 is 22.9 Å². The molecule has 0 aliphatic heterocycles. The van der Waals surface area contributed by atoms with Crippen molar-refractivity contribution in [3.63, 3.8) is 0 Å². The fourth-order valence-corrected chi connectivity index (χ4v) is 2.60. The lowest BCUT2D eigenvalue weighted by Crippen LogP contribution is -2.30. The summed E-state index contributed by atoms with van der Waals surface area (Å²) in [7, 11) is 0. The molecule has 1 N–H and O–H groups in total. The zero-order valence-corrected chi connectivity index (χ0v) is 12.5. The highest BCUT2D eigenvalue weighted by Crippen LogP contribution is 2.34. The Balaban J connectivity index is 2.11. The Labute approximate surface area is 131 Å². The molecule has 0 aromatic carbocycles. The van der Waals surface area contributed by atoms with Gasteiger partial charge < -0.3 is 5.32 Å². The minimum atomic E-state index is -4.96. The molecule has 1 unspecified atom stereocenters. The smallest absolute Gasteiger partial charge is 0.347 e. The predicted octanol–water partition coefficient (Wildman–Crippen LogP) is 2.75. The maximum absolute atomic E-state index is 12.7. The summed E-state index contributed by atoms with van der Waals surface area (Å²) in [6.45, 7) is 1.17. The topological polar surface area (TPSA) is 90.1 Å². The van der Waals surface area contributed by atoms with Gasteiger partial charge in [-0.05, 0) is 18.4 Å². The number of aromatic nitrogens is 2. The van der Waals surface area contributed by atoms with E-state index < -0.39 is 34.9 Å². The van der Waals surface area contributed by atoms with E-state index >= 15 is 0 Å². The first-order valence-corrected chi connectivity index (χ1v) is 7.18. The molecule has 0 radical (unpaired) electrons. The largest absolute Gasteiger partial charge is 0.442 e. The molecule has 0 saturated carbocycles. The first-order valence-electron chi connectivity index (χ1n) is 6.30. The van der Waals surface area contributed by atoms with Crippen LogP contribution in [0, 0.1) is 10.1 Å². The lowest BCUT2D eigenvalue weighted by atomic mass is 10.3. The SMILES string of the molecule is CC(NC(=O)Cn1cc([N+](=O)[O-])c(C(F)(F)F)n1)c1cccs1. The molecule has 2 aromatic rings. The monoisotopic (exact) mass is 348 g/mol. The molecule has 0 bridgehead atoms. The number of rotatable bonds is 5. The van der Waals surface area contributed by atoms with Gasteiger partial charge in [0.2, 0.25) is 11.6 Å². The van der Waals surface area contributed by atoms with Gasteiger partial charge in [0.1, 0.15) is 12.7 Å². The summed E-state index contributed by atoms with van der Waals surface area (Å²) in [5, 5.41) is 18.2. The maximum Gasteiger partial charge on any atom is 0.442 e. The molecule has 2 aromatic heterocycles. The van der Waals surface area contributed by atoms with Gasteiger partial charge in [-0.3, -0.25) is 19.6 Å². The highest BCUT2D eigenvalue weighted by Gasteiger charge is 2.42. The summed E-state index contributed by atoms with van der Waals surface area (Å²) < 4.78 is 38.6. The summed E-state index contributed by atoms with van der Waals surface area (Å²) in [5.41, 5.74) is -2.81. The van der Waals surface area contributed by atoms with Crippen molar-refractivity contribution in [2.45, 2.75) is 25.7 Å². The third-order valence-corrected chi connectivity index (χ3v) is 3.92. The van der Waals surface area contributed by atoms with Crippen LogP contribution in [0.2, 0.25) is 0 Å². The molecule has 0 saturated heterocycles. The Morgan fingerprint density at radius 3 is 2.74 bits per heavy atom. The van der Waals surface area contributed by atoms with Gasteiger partial charge in [0.25, 0.3) is 0 Å². The fraction of sp³-hybridized carbons (Fsp3) is 0.333. The molecule has 0 aliphatic rings. The van der Waals surface area contributed by atoms with Gasteiger partial charge in [-0.15, -0.1) is 11.3 Å². The van der Waals surface area contributed by atoms with Crippen LogP contribution < -0.4 is 5.32 Å². The van der Waals surface area contributed by atoms with Gasteiger partial charge in [0.15, 0.2) is 0 Å². The minimum absolute atomic E-state index is 0.324. The van der Waals surface area contributed by atoms with Crippen LogP contribution in [0.1, 0.15) is 23.5 Å². The van der Waals surface area contributed by atoms with E-state index in [1.165, 1.54) is 11.3 Å². The summed E-state index contributed by atoms with van der Waals surface area (Å²) in [5.74, 6) is -0.600. The van der Waals surface area contributed by atoms with Crippen LogP contribution in [-0.2, 0) is 17.5 Å². The maximum atomic E-state index is 12.7. The van der Waals surface area contributed by atoms with Gasteiger partial charge >= 0.3 is 11.9 Å². The number of nitrogens with one attached hydrogen (secondary N) is 1. The summed E-state index contributed by atoms with van der Waals surface area (Å²) in [4.78, 5) is 22.2. The van der Waals surface area contributed by atoms with Crippen LogP contribution in [0.4, 0.5) is 18.9 Å². The molecular formula is C12H11F3N4O3S. The van der Waals surface area contributed by atoms with Crippen molar-refractivity contribution >= 4 is 22.9 Å². The van der Waals surface area contributed by atoms with Gasteiger partial charge in [0, 0.05) is 4.88 Å². The third-order valence-electron chi connectivity index (χ3n) is 2.86. The van der Waals surface area contributed by atoms with Crippen LogP contribution >= 0.6 is 11.3 Å². The third kappa shape index (κ3) is 4.06. The first-order chi connectivity index (χ1) is 10.7. The average Bonchev–Trinajstić information content (AvgIpc) is 3.06. The molecule has 2 rings (SSSR count). The number of hydrogen-bond acceptors (Lipinski definition) is 5. The van der Waals surface area contributed by atoms with E-state index in [1.807, 2.05) is 5.38 Å². The van der Waals surface area contributed by atoms with Gasteiger partial charge in [0.05, 0.1) is 11.0 Å². The van der Waals surface area contributed by atoms with E-state index in [0.29, 0.717) is 10.9 Å². The number of carbonyl (C=O) groups is 1. The van der Waals surface area contributed by atoms with E-state index in [-0.39, 0.29) is 6.04 Å². The van der Waals surface area contributed by atoms with Crippen molar-refractivity contribution in [1.29, 1.82) is 0 Å². The average molecular weight is 348 g/mol. The molecular weight excluding hydrogens is 337 g/mol. The number of nitro groups is 1. The second kappa shape index (κ2) is 6.36. The molecule has 124 valence electrons. The Hall–Kier alpha value is -2.43. The number of alkyl halides is 3. The molecule has 0 fully saturated rings. The van der Waals surface area contributed by atoms with Crippen molar-refractivity contribution in [1.82, 2.24) is 15.1 Å². The fourth-order valence-electron chi connectivity index (χ4n) is 1.87. The Morgan fingerprint density at radius 1 is 1.57 bits per heavy atom. The lowest BCUT2D eigenvalue weighted by molar-refractivity contribution is -0.388. The normalized spacial score (nSPS) is 12.9. The number of nitrogens with zero attached hydrogens (tertiary/aromatic N) is 3. The number of halogens is 3. The summed E-state index contributed by atoms with van der Waals surface area (Å²) in [6, 6.07) is 3.28. The minimum Gasteiger partial charge on any atom is -0.347 e. The van der Waals surface area contributed by atoms with Crippen LogP contribution in [0.3, 0.4) is 0 Å². The molecule has 1 atom stereocenters. The Morgan fingerprint density at radius 2 is 2.26 bits per heavy atom. The van der Waals surface area contributed by atoms with E-state index in [1.54, 1.807) is 19.1 Å². The Kier molecular flexibility index (Phi) is 4.68. The van der Waals surface area contributed by atoms with E-state index in [2.05, 4.69) is 10.4 Å². The van der Waals surface area contributed by atoms with Crippen molar-refractivity contribution in [3.05, 3.63) is 44.4 Å².